The Labute approximate surface area is 208 Å². The highest BCUT2D eigenvalue weighted by Crippen LogP contribution is 2.35. The average Bonchev–Trinajstić information content (AvgIpc) is 3.29. The Kier molecular flexibility index (Phi) is 8.60. The van der Waals surface area contributed by atoms with Gasteiger partial charge in [0.05, 0.1) is 18.6 Å². The highest BCUT2D eigenvalue weighted by Gasteiger charge is 2.24. The van der Waals surface area contributed by atoms with Gasteiger partial charge in [0.15, 0.2) is 11.0 Å². The van der Waals surface area contributed by atoms with Gasteiger partial charge in [-0.3, -0.25) is 9.36 Å². The summed E-state index contributed by atoms with van der Waals surface area (Å²) in [5.41, 5.74) is 4.44. The molecule has 34 heavy (non-hydrogen) atoms. The topological polar surface area (TPSA) is 81.4 Å². The van der Waals surface area contributed by atoms with Crippen molar-refractivity contribution < 1.29 is 9.53 Å². The Morgan fingerprint density at radius 3 is 2.59 bits per heavy atom. The molecule has 0 aliphatic heterocycles. The highest BCUT2D eigenvalue weighted by molar-refractivity contribution is 7.99. The van der Waals surface area contributed by atoms with Crippen LogP contribution in [-0.2, 0) is 4.79 Å². The van der Waals surface area contributed by atoms with Gasteiger partial charge in [-0.2, -0.15) is 5.10 Å². The molecule has 1 fully saturated rings. The second-order valence-corrected chi connectivity index (χ2v) is 9.44. The molecular weight excluding hydrogens is 470 g/mol. The van der Waals surface area contributed by atoms with E-state index in [0.717, 1.165) is 40.7 Å². The number of amides is 1. The van der Waals surface area contributed by atoms with Crippen LogP contribution in [0.3, 0.4) is 0 Å². The summed E-state index contributed by atoms with van der Waals surface area (Å²) in [6.07, 6.45) is 7.42. The molecule has 7 nitrogen and oxygen atoms in total. The van der Waals surface area contributed by atoms with Crippen LogP contribution in [0.5, 0.6) is 5.75 Å². The number of hydrogen-bond acceptors (Lipinski definition) is 6. The molecule has 1 aliphatic carbocycles. The first-order valence-corrected chi connectivity index (χ1v) is 12.9. The van der Waals surface area contributed by atoms with Gasteiger partial charge < -0.3 is 4.74 Å². The van der Waals surface area contributed by atoms with Crippen LogP contribution in [0.15, 0.2) is 58.8 Å². The molecule has 1 aliphatic rings. The van der Waals surface area contributed by atoms with Crippen LogP contribution in [0.4, 0.5) is 0 Å². The first-order valence-electron chi connectivity index (χ1n) is 11.5. The van der Waals surface area contributed by atoms with Crippen molar-refractivity contribution in [1.29, 1.82) is 0 Å². The summed E-state index contributed by atoms with van der Waals surface area (Å²) in [7, 11) is 0. The van der Waals surface area contributed by atoms with E-state index in [2.05, 4.69) is 25.3 Å². The molecule has 9 heteroatoms. The van der Waals surface area contributed by atoms with Crippen molar-refractivity contribution >= 4 is 35.5 Å². The van der Waals surface area contributed by atoms with Crippen LogP contribution >= 0.6 is 23.4 Å². The average molecular weight is 498 g/mol. The van der Waals surface area contributed by atoms with Crippen molar-refractivity contribution in [1.82, 2.24) is 20.2 Å². The van der Waals surface area contributed by atoms with Crippen LogP contribution in [0.2, 0.25) is 5.02 Å². The summed E-state index contributed by atoms with van der Waals surface area (Å²) in [6.45, 7) is 2.57. The molecule has 1 N–H and O–H groups in total. The maximum atomic E-state index is 12.4. The predicted molar refractivity (Wildman–Crippen MR) is 137 cm³/mol. The van der Waals surface area contributed by atoms with E-state index >= 15 is 0 Å². The third kappa shape index (κ3) is 6.39. The van der Waals surface area contributed by atoms with Gasteiger partial charge in [0.2, 0.25) is 0 Å². The number of hydrogen-bond donors (Lipinski definition) is 1. The third-order valence-corrected chi connectivity index (χ3v) is 6.83. The van der Waals surface area contributed by atoms with E-state index < -0.39 is 0 Å². The highest BCUT2D eigenvalue weighted by atomic mass is 35.5. The van der Waals surface area contributed by atoms with Crippen LogP contribution in [0.1, 0.15) is 50.6 Å². The summed E-state index contributed by atoms with van der Waals surface area (Å²) >= 11 is 7.45. The number of aromatic nitrogens is 3. The zero-order chi connectivity index (χ0) is 23.8. The van der Waals surface area contributed by atoms with Gasteiger partial charge in [-0.05, 0) is 73.9 Å². The number of benzene rings is 2. The van der Waals surface area contributed by atoms with Crippen molar-refractivity contribution in [2.45, 2.75) is 50.2 Å². The van der Waals surface area contributed by atoms with E-state index in [-0.39, 0.29) is 11.7 Å². The smallest absolute Gasteiger partial charge is 0.250 e. The number of thioether (sulfide) groups is 1. The maximum absolute atomic E-state index is 12.4. The number of nitrogens with one attached hydrogen (secondary N) is 1. The Hall–Kier alpha value is -2.84. The lowest BCUT2D eigenvalue weighted by Gasteiger charge is -2.25. The first kappa shape index (κ1) is 24.3. The zero-order valence-corrected chi connectivity index (χ0v) is 20.7. The molecule has 0 atom stereocenters. The Morgan fingerprint density at radius 1 is 1.15 bits per heavy atom. The summed E-state index contributed by atoms with van der Waals surface area (Å²) in [5.74, 6) is 1.63. The molecule has 1 aromatic heterocycles. The van der Waals surface area contributed by atoms with E-state index in [0.29, 0.717) is 17.7 Å². The summed E-state index contributed by atoms with van der Waals surface area (Å²) in [6, 6.07) is 15.5. The Bertz CT molecular complexity index is 1110. The van der Waals surface area contributed by atoms with Crippen molar-refractivity contribution in [3.05, 3.63) is 59.1 Å². The number of nitrogens with zero attached hydrogens (tertiary/aromatic N) is 4. The molecular formula is C25H28ClN5O2S. The van der Waals surface area contributed by atoms with Crippen molar-refractivity contribution in [3.8, 4) is 17.1 Å². The van der Waals surface area contributed by atoms with E-state index in [1.165, 1.54) is 31.0 Å². The fourth-order valence-corrected chi connectivity index (χ4v) is 4.92. The van der Waals surface area contributed by atoms with Gasteiger partial charge >= 0.3 is 0 Å². The van der Waals surface area contributed by atoms with Gasteiger partial charge in [-0.15, -0.1) is 10.2 Å². The molecule has 1 saturated carbocycles. The lowest BCUT2D eigenvalue weighted by atomic mass is 9.95. The number of halogens is 1. The third-order valence-electron chi connectivity index (χ3n) is 5.63. The van der Waals surface area contributed by atoms with E-state index in [9.17, 15) is 4.79 Å². The number of hydrazone groups is 1. The SMILES string of the molecule is CCOc1ccc(/C=N/NC(=O)CSc2nnc(-c3ccc(Cl)cc3)n2C2CCCCC2)cc1. The number of ether oxygens (including phenoxy) is 1. The van der Waals surface area contributed by atoms with Crippen LogP contribution in [0.25, 0.3) is 11.4 Å². The number of carbonyl (C=O) groups is 1. The minimum absolute atomic E-state index is 0.196. The van der Waals surface area contributed by atoms with Crippen LogP contribution in [-0.4, -0.2) is 39.2 Å². The molecule has 4 rings (SSSR count). The molecule has 178 valence electrons. The fraction of sp³-hybridized carbons (Fsp3) is 0.360. The molecule has 0 unspecified atom stereocenters. The van der Waals surface area contributed by atoms with Crippen LogP contribution < -0.4 is 10.2 Å². The van der Waals surface area contributed by atoms with Crippen LogP contribution in [0, 0.1) is 0 Å². The predicted octanol–water partition coefficient (Wildman–Crippen LogP) is 5.74. The lowest BCUT2D eigenvalue weighted by Crippen LogP contribution is -2.20. The summed E-state index contributed by atoms with van der Waals surface area (Å²) in [4.78, 5) is 12.4. The van der Waals surface area contributed by atoms with Gasteiger partial charge in [-0.25, -0.2) is 5.43 Å². The number of rotatable bonds is 9. The van der Waals surface area contributed by atoms with Crippen molar-refractivity contribution in [2.75, 3.05) is 12.4 Å². The molecule has 0 spiro atoms. The van der Waals surface area contributed by atoms with E-state index in [4.69, 9.17) is 16.3 Å². The molecule has 1 amide bonds. The van der Waals surface area contributed by atoms with Crippen molar-refractivity contribution in [2.24, 2.45) is 5.10 Å². The maximum Gasteiger partial charge on any atom is 0.250 e. The largest absolute Gasteiger partial charge is 0.494 e. The first-order chi connectivity index (χ1) is 16.6. The van der Waals surface area contributed by atoms with Crippen molar-refractivity contribution in [3.63, 3.8) is 0 Å². The Morgan fingerprint density at radius 2 is 1.88 bits per heavy atom. The van der Waals surface area contributed by atoms with Gasteiger partial charge in [0.1, 0.15) is 5.75 Å². The molecule has 0 bridgehead atoms. The van der Waals surface area contributed by atoms with E-state index in [1.54, 1.807) is 6.21 Å². The second kappa shape index (κ2) is 12.0. The molecule has 0 saturated heterocycles. The van der Waals surface area contributed by atoms with Gasteiger partial charge in [-0.1, -0.05) is 42.6 Å². The lowest BCUT2D eigenvalue weighted by molar-refractivity contribution is -0.118. The minimum Gasteiger partial charge on any atom is -0.494 e. The monoisotopic (exact) mass is 497 g/mol. The molecule has 2 aromatic carbocycles. The quantitative estimate of drug-likeness (QED) is 0.231. The normalized spacial score (nSPS) is 14.4. The Balaban J connectivity index is 1.40. The zero-order valence-electron chi connectivity index (χ0n) is 19.1. The minimum atomic E-state index is -0.196. The fourth-order valence-electron chi connectivity index (χ4n) is 4.00. The standard InChI is InChI=1S/C25H28ClN5O2S/c1-2-33-22-14-8-18(9-15-22)16-27-28-23(32)17-34-25-30-29-24(19-10-12-20(26)13-11-19)31(25)21-6-4-3-5-7-21/h8-16,21H,2-7,17H2,1H3,(H,28,32)/b27-16+. The molecule has 0 radical (unpaired) electrons. The second-order valence-electron chi connectivity index (χ2n) is 8.06. The molecule has 3 aromatic rings. The van der Waals surface area contributed by atoms with Gasteiger partial charge in [0.25, 0.3) is 5.91 Å². The molecule has 1 heterocycles. The van der Waals surface area contributed by atoms with E-state index in [1.807, 2.05) is 55.5 Å². The summed E-state index contributed by atoms with van der Waals surface area (Å²) < 4.78 is 7.63. The van der Waals surface area contributed by atoms with Gasteiger partial charge in [0, 0.05) is 16.6 Å². The number of carbonyl (C=O) groups excluding carboxylic acids is 1. The summed E-state index contributed by atoms with van der Waals surface area (Å²) in [5, 5.41) is 14.4.